The minimum atomic E-state index is -0.577. The number of carbonyl (C=O) groups is 3. The van der Waals surface area contributed by atoms with Crippen LogP contribution in [0.4, 0.5) is 0 Å². The maximum Gasteiger partial charge on any atom is 0.245 e. The molecule has 2 heterocycles. The highest BCUT2D eigenvalue weighted by Crippen LogP contribution is 2.26. The van der Waals surface area contributed by atoms with Crippen LogP contribution in [-0.4, -0.2) is 84.3 Å². The second-order valence-electron chi connectivity index (χ2n) is 10.0. The summed E-state index contributed by atoms with van der Waals surface area (Å²) in [5.41, 5.74) is -0.379. The summed E-state index contributed by atoms with van der Waals surface area (Å²) in [5, 5.41) is 2.71. The van der Waals surface area contributed by atoms with Crippen molar-refractivity contribution < 1.29 is 14.4 Å². The summed E-state index contributed by atoms with van der Waals surface area (Å²) in [5.74, 6) is 0.417. The molecule has 7 nitrogen and oxygen atoms in total. The number of hydrogen-bond acceptors (Lipinski definition) is 4. The maximum atomic E-state index is 13.2. The van der Waals surface area contributed by atoms with Crippen LogP contribution in [0.1, 0.15) is 60.3 Å². The van der Waals surface area contributed by atoms with Crippen LogP contribution >= 0.6 is 0 Å². The van der Waals surface area contributed by atoms with Gasteiger partial charge in [-0.05, 0) is 43.6 Å². The van der Waals surface area contributed by atoms with E-state index in [0.717, 1.165) is 45.3 Å². The van der Waals surface area contributed by atoms with E-state index in [9.17, 15) is 14.4 Å². The normalized spacial score (nSPS) is 22.6. The van der Waals surface area contributed by atoms with E-state index >= 15 is 0 Å². The monoisotopic (exact) mass is 408 g/mol. The molecule has 0 bridgehead atoms. The third kappa shape index (κ3) is 5.71. The molecule has 0 aromatic carbocycles. The van der Waals surface area contributed by atoms with Crippen molar-refractivity contribution in [2.75, 3.05) is 33.2 Å². The molecule has 0 aromatic rings. The Morgan fingerprint density at radius 2 is 1.76 bits per heavy atom. The van der Waals surface area contributed by atoms with Crippen LogP contribution in [0.25, 0.3) is 0 Å². The molecule has 0 saturated carbocycles. The van der Waals surface area contributed by atoms with Gasteiger partial charge in [-0.25, -0.2) is 0 Å². The van der Waals surface area contributed by atoms with Crippen LogP contribution < -0.4 is 5.32 Å². The van der Waals surface area contributed by atoms with Crippen LogP contribution in [0.5, 0.6) is 0 Å². The van der Waals surface area contributed by atoms with Crippen molar-refractivity contribution >= 4 is 18.2 Å². The molecule has 0 aliphatic carbocycles. The number of likely N-dealkylation sites (N-methyl/N-ethyl adjacent to an activating group) is 1. The third-order valence-electron chi connectivity index (χ3n) is 6.45. The lowest BCUT2D eigenvalue weighted by Gasteiger charge is -2.40. The molecular formula is C22H40N4O3. The van der Waals surface area contributed by atoms with Gasteiger partial charge in [0.25, 0.3) is 0 Å². The molecule has 2 saturated heterocycles. The highest BCUT2D eigenvalue weighted by atomic mass is 16.2. The van der Waals surface area contributed by atoms with E-state index in [-0.39, 0.29) is 35.2 Å². The van der Waals surface area contributed by atoms with Crippen molar-refractivity contribution in [2.45, 2.75) is 78.4 Å². The van der Waals surface area contributed by atoms with Gasteiger partial charge in [0, 0.05) is 32.7 Å². The van der Waals surface area contributed by atoms with E-state index in [4.69, 9.17) is 0 Å². The van der Waals surface area contributed by atoms with Crippen molar-refractivity contribution in [1.82, 2.24) is 20.0 Å². The Bertz CT molecular complexity index is 581. The van der Waals surface area contributed by atoms with Gasteiger partial charge < -0.3 is 15.1 Å². The Labute approximate surface area is 176 Å². The quantitative estimate of drug-likeness (QED) is 0.621. The molecule has 3 amide bonds. The first-order valence-corrected chi connectivity index (χ1v) is 11.1. The van der Waals surface area contributed by atoms with E-state index in [2.05, 4.69) is 24.1 Å². The van der Waals surface area contributed by atoms with Crippen molar-refractivity contribution in [1.29, 1.82) is 0 Å². The number of nitrogens with zero attached hydrogens (tertiary/aromatic N) is 3. The van der Waals surface area contributed by atoms with E-state index in [0.29, 0.717) is 13.0 Å². The summed E-state index contributed by atoms with van der Waals surface area (Å²) < 4.78 is 0. The third-order valence-corrected chi connectivity index (χ3v) is 6.45. The van der Waals surface area contributed by atoms with Crippen molar-refractivity contribution in [3.63, 3.8) is 0 Å². The van der Waals surface area contributed by atoms with E-state index < -0.39 is 6.04 Å². The average molecular weight is 409 g/mol. The highest BCUT2D eigenvalue weighted by molar-refractivity contribution is 5.85. The van der Waals surface area contributed by atoms with Crippen LogP contribution in [-0.2, 0) is 14.4 Å². The zero-order valence-electron chi connectivity index (χ0n) is 19.1. The Morgan fingerprint density at radius 3 is 2.28 bits per heavy atom. The van der Waals surface area contributed by atoms with E-state index in [1.54, 1.807) is 4.90 Å². The number of nitrogens with one attached hydrogen (secondary N) is 1. The number of amides is 3. The lowest BCUT2D eigenvalue weighted by atomic mass is 9.85. The number of hydrogen-bond donors (Lipinski definition) is 1. The molecule has 0 aromatic heterocycles. The Hall–Kier alpha value is -1.63. The molecule has 1 N–H and O–H groups in total. The van der Waals surface area contributed by atoms with Gasteiger partial charge in [0.2, 0.25) is 18.2 Å². The van der Waals surface area contributed by atoms with Crippen LogP contribution in [0.3, 0.4) is 0 Å². The second-order valence-corrected chi connectivity index (χ2v) is 10.0. The first kappa shape index (κ1) is 23.6. The minimum absolute atomic E-state index is 0.0206. The van der Waals surface area contributed by atoms with Crippen LogP contribution in [0, 0.1) is 11.3 Å². The highest BCUT2D eigenvalue weighted by Gasteiger charge is 2.39. The van der Waals surface area contributed by atoms with Gasteiger partial charge in [-0.2, -0.15) is 0 Å². The molecule has 2 aliphatic rings. The van der Waals surface area contributed by atoms with Gasteiger partial charge in [-0.1, -0.05) is 34.6 Å². The first-order valence-electron chi connectivity index (χ1n) is 11.1. The van der Waals surface area contributed by atoms with Gasteiger partial charge in [0.15, 0.2) is 0 Å². The summed E-state index contributed by atoms with van der Waals surface area (Å²) in [4.78, 5) is 43.4. The summed E-state index contributed by atoms with van der Waals surface area (Å²) in [6.45, 7) is 13.4. The first-order chi connectivity index (χ1) is 13.6. The smallest absolute Gasteiger partial charge is 0.245 e. The second kappa shape index (κ2) is 9.92. The van der Waals surface area contributed by atoms with Gasteiger partial charge in [0.1, 0.15) is 6.04 Å². The lowest BCUT2D eigenvalue weighted by Crippen LogP contribution is -2.58. The molecule has 29 heavy (non-hydrogen) atoms. The number of carbonyl (C=O) groups excluding carboxylic acids is 3. The molecule has 2 aliphatic heterocycles. The van der Waals surface area contributed by atoms with Gasteiger partial charge in [-0.15, -0.1) is 0 Å². The molecule has 7 heteroatoms. The Balaban J connectivity index is 2.12. The predicted molar refractivity (Wildman–Crippen MR) is 114 cm³/mol. The molecule has 3 atom stereocenters. The fourth-order valence-corrected chi connectivity index (χ4v) is 4.62. The summed E-state index contributed by atoms with van der Waals surface area (Å²) in [6, 6.07) is -0.663. The summed E-state index contributed by atoms with van der Waals surface area (Å²) in [6.07, 6.45) is 4.72. The average Bonchev–Trinajstić information content (AvgIpc) is 3.33. The Kier molecular flexibility index (Phi) is 8.09. The van der Waals surface area contributed by atoms with Crippen LogP contribution in [0.2, 0.25) is 0 Å². The minimum Gasteiger partial charge on any atom is -0.346 e. The van der Waals surface area contributed by atoms with Gasteiger partial charge in [0.05, 0.1) is 6.04 Å². The molecule has 166 valence electrons. The van der Waals surface area contributed by atoms with Gasteiger partial charge >= 0.3 is 0 Å². The van der Waals surface area contributed by atoms with Crippen molar-refractivity contribution in [3.05, 3.63) is 0 Å². The van der Waals surface area contributed by atoms with Crippen LogP contribution in [0.15, 0.2) is 0 Å². The van der Waals surface area contributed by atoms with Gasteiger partial charge in [-0.3, -0.25) is 19.3 Å². The van der Waals surface area contributed by atoms with E-state index in [1.165, 1.54) is 0 Å². The predicted octanol–water partition coefficient (Wildman–Crippen LogP) is 1.72. The molecule has 0 radical (unpaired) electrons. The SMILES string of the molecule is CC(C)[C@@H](CN1CCC[C@H]1C(=O)N1CCCC1)N(C)C(=O)[C@@H](NC=O)C(C)(C)C. The van der Waals surface area contributed by atoms with E-state index in [1.807, 2.05) is 32.7 Å². The standard InChI is InChI=1S/C22H40N4O3/c1-16(2)18(24(6)21(29)19(23-15-27)22(3,4)5)14-26-13-9-10-17(26)20(28)25-11-7-8-12-25/h15-19H,7-14H2,1-6H3,(H,23,27)/t17-,18+,19+/m0/s1. The zero-order chi connectivity index (χ0) is 21.8. The topological polar surface area (TPSA) is 73.0 Å². The number of likely N-dealkylation sites (tertiary alicyclic amines) is 2. The molecule has 2 fully saturated rings. The Morgan fingerprint density at radius 1 is 1.14 bits per heavy atom. The van der Waals surface area contributed by atoms with Crippen molar-refractivity contribution in [2.24, 2.45) is 11.3 Å². The fourth-order valence-electron chi connectivity index (χ4n) is 4.62. The fraction of sp³-hybridized carbons (Fsp3) is 0.864. The molecule has 0 spiro atoms. The maximum absolute atomic E-state index is 13.2. The summed E-state index contributed by atoms with van der Waals surface area (Å²) >= 11 is 0. The zero-order valence-corrected chi connectivity index (χ0v) is 19.1. The van der Waals surface area contributed by atoms with Crippen molar-refractivity contribution in [3.8, 4) is 0 Å². The lowest BCUT2D eigenvalue weighted by molar-refractivity contribution is -0.140. The molecule has 0 unspecified atom stereocenters. The molecular weight excluding hydrogens is 368 g/mol. The largest absolute Gasteiger partial charge is 0.346 e. The number of rotatable bonds is 8. The molecule has 2 rings (SSSR count). The summed E-state index contributed by atoms with van der Waals surface area (Å²) in [7, 11) is 1.82.